The third kappa shape index (κ3) is 5.36. The fourth-order valence-electron chi connectivity index (χ4n) is 2.15. The monoisotopic (exact) mass is 312 g/mol. The summed E-state index contributed by atoms with van der Waals surface area (Å²) in [7, 11) is 0. The van der Waals surface area contributed by atoms with Crippen LogP contribution >= 0.6 is 0 Å². The minimum Gasteiger partial charge on any atom is -0.354 e. The first-order valence-electron chi connectivity index (χ1n) is 7.91. The molecule has 0 fully saturated rings. The van der Waals surface area contributed by atoms with E-state index < -0.39 is 0 Å². The van der Waals surface area contributed by atoms with E-state index >= 15 is 0 Å². The van der Waals surface area contributed by atoms with Crippen LogP contribution in [-0.2, 0) is 0 Å². The summed E-state index contributed by atoms with van der Waals surface area (Å²) in [6.45, 7) is 8.72. The first-order chi connectivity index (χ1) is 10.9. The van der Waals surface area contributed by atoms with Gasteiger partial charge in [-0.25, -0.2) is 4.98 Å². The molecule has 0 atom stereocenters. The van der Waals surface area contributed by atoms with Gasteiger partial charge in [-0.1, -0.05) is 26.0 Å². The Morgan fingerprint density at radius 3 is 2.70 bits per heavy atom. The molecule has 0 bridgehead atoms. The Morgan fingerprint density at radius 1 is 1.22 bits per heavy atom. The SMILES string of the molecule is CC(=O)c1cccc(Nc2cc(C)nc(NCCC(C)C)n2)c1. The molecule has 0 aliphatic rings. The van der Waals surface area contributed by atoms with Crippen molar-refractivity contribution in [2.45, 2.75) is 34.1 Å². The van der Waals surface area contributed by atoms with Gasteiger partial charge < -0.3 is 10.6 Å². The van der Waals surface area contributed by atoms with Crippen LogP contribution in [0.2, 0.25) is 0 Å². The summed E-state index contributed by atoms with van der Waals surface area (Å²) in [4.78, 5) is 20.4. The van der Waals surface area contributed by atoms with Crippen LogP contribution in [0.25, 0.3) is 0 Å². The summed E-state index contributed by atoms with van der Waals surface area (Å²) in [5, 5.41) is 6.49. The van der Waals surface area contributed by atoms with E-state index in [0.717, 1.165) is 24.3 Å². The van der Waals surface area contributed by atoms with Gasteiger partial charge in [-0.3, -0.25) is 4.79 Å². The number of carbonyl (C=O) groups excluding carboxylic acids is 1. The van der Waals surface area contributed by atoms with Crippen LogP contribution in [0.1, 0.15) is 43.2 Å². The molecule has 0 radical (unpaired) electrons. The van der Waals surface area contributed by atoms with Crippen molar-refractivity contribution in [3.63, 3.8) is 0 Å². The summed E-state index contributed by atoms with van der Waals surface area (Å²) >= 11 is 0. The maximum absolute atomic E-state index is 11.5. The van der Waals surface area contributed by atoms with Crippen molar-refractivity contribution >= 4 is 23.2 Å². The lowest BCUT2D eigenvalue weighted by atomic mass is 10.1. The third-order valence-corrected chi connectivity index (χ3v) is 3.40. The van der Waals surface area contributed by atoms with Gasteiger partial charge in [-0.15, -0.1) is 0 Å². The fraction of sp³-hybridized carbons (Fsp3) is 0.389. The first kappa shape index (κ1) is 16.9. The van der Waals surface area contributed by atoms with Crippen molar-refractivity contribution in [2.24, 2.45) is 5.92 Å². The van der Waals surface area contributed by atoms with E-state index in [0.29, 0.717) is 23.2 Å². The van der Waals surface area contributed by atoms with Gasteiger partial charge in [0.05, 0.1) is 0 Å². The standard InChI is InChI=1S/C18H24N4O/c1-12(2)8-9-19-18-20-13(3)10-17(22-18)21-16-7-5-6-15(11-16)14(4)23/h5-7,10-12H,8-9H2,1-4H3,(H2,19,20,21,22). The van der Waals surface area contributed by atoms with Gasteiger partial charge in [0.1, 0.15) is 5.82 Å². The second kappa shape index (κ2) is 7.72. The third-order valence-electron chi connectivity index (χ3n) is 3.40. The second-order valence-corrected chi connectivity index (χ2v) is 6.09. The Morgan fingerprint density at radius 2 is 2.00 bits per heavy atom. The lowest BCUT2D eigenvalue weighted by Gasteiger charge is -2.11. The molecule has 2 aromatic rings. The van der Waals surface area contributed by atoms with Gasteiger partial charge in [0, 0.05) is 29.6 Å². The first-order valence-corrected chi connectivity index (χ1v) is 7.91. The number of anilines is 3. The van der Waals surface area contributed by atoms with Crippen LogP contribution in [0.3, 0.4) is 0 Å². The predicted octanol–water partition coefficient (Wildman–Crippen LogP) is 4.19. The number of hydrogen-bond acceptors (Lipinski definition) is 5. The summed E-state index contributed by atoms with van der Waals surface area (Å²) in [5.41, 5.74) is 2.40. The molecule has 122 valence electrons. The largest absolute Gasteiger partial charge is 0.354 e. The summed E-state index contributed by atoms with van der Waals surface area (Å²) in [6, 6.07) is 9.28. The van der Waals surface area contributed by atoms with E-state index in [9.17, 15) is 4.79 Å². The second-order valence-electron chi connectivity index (χ2n) is 6.09. The Hall–Kier alpha value is -2.43. The molecule has 0 spiro atoms. The van der Waals surface area contributed by atoms with E-state index in [-0.39, 0.29) is 5.78 Å². The molecule has 0 aliphatic carbocycles. The van der Waals surface area contributed by atoms with Crippen molar-refractivity contribution < 1.29 is 4.79 Å². The molecular weight excluding hydrogens is 288 g/mol. The molecule has 0 saturated heterocycles. The zero-order chi connectivity index (χ0) is 16.8. The molecule has 0 aliphatic heterocycles. The Kier molecular flexibility index (Phi) is 5.68. The normalized spacial score (nSPS) is 10.7. The Labute approximate surface area is 137 Å². The summed E-state index contributed by atoms with van der Waals surface area (Å²) in [6.07, 6.45) is 1.07. The van der Waals surface area contributed by atoms with Crippen LogP contribution in [0.4, 0.5) is 17.5 Å². The Balaban J connectivity index is 2.12. The zero-order valence-electron chi connectivity index (χ0n) is 14.2. The molecule has 2 N–H and O–H groups in total. The van der Waals surface area contributed by atoms with Crippen molar-refractivity contribution in [3.8, 4) is 0 Å². The number of aryl methyl sites for hydroxylation is 1. The minimum absolute atomic E-state index is 0.0450. The highest BCUT2D eigenvalue weighted by molar-refractivity contribution is 5.95. The van der Waals surface area contributed by atoms with Gasteiger partial charge in [-0.05, 0) is 38.3 Å². The average molecular weight is 312 g/mol. The highest BCUT2D eigenvalue weighted by atomic mass is 16.1. The van der Waals surface area contributed by atoms with Crippen molar-refractivity contribution in [1.82, 2.24) is 9.97 Å². The molecule has 0 saturated carbocycles. The highest BCUT2D eigenvalue weighted by Gasteiger charge is 2.05. The smallest absolute Gasteiger partial charge is 0.224 e. The number of Topliss-reactive ketones (excluding diaryl/α,β-unsaturated/α-hetero) is 1. The summed E-state index contributed by atoms with van der Waals surface area (Å²) < 4.78 is 0. The maximum atomic E-state index is 11.5. The number of hydrogen-bond donors (Lipinski definition) is 2. The van der Waals surface area contributed by atoms with Crippen molar-refractivity contribution in [1.29, 1.82) is 0 Å². The number of carbonyl (C=O) groups is 1. The van der Waals surface area contributed by atoms with E-state index in [2.05, 4.69) is 34.4 Å². The summed E-state index contributed by atoms with van der Waals surface area (Å²) in [5.74, 6) is 2.02. The number of ketones is 1. The predicted molar refractivity (Wildman–Crippen MR) is 94.4 cm³/mol. The molecule has 5 heteroatoms. The average Bonchev–Trinajstić information content (AvgIpc) is 2.46. The maximum Gasteiger partial charge on any atom is 0.224 e. The molecule has 23 heavy (non-hydrogen) atoms. The minimum atomic E-state index is 0.0450. The van der Waals surface area contributed by atoms with E-state index in [4.69, 9.17) is 0 Å². The Bertz CT molecular complexity index is 682. The fourth-order valence-corrected chi connectivity index (χ4v) is 2.15. The lowest BCUT2D eigenvalue weighted by molar-refractivity contribution is 0.101. The highest BCUT2D eigenvalue weighted by Crippen LogP contribution is 2.18. The van der Waals surface area contributed by atoms with Gasteiger partial charge >= 0.3 is 0 Å². The van der Waals surface area contributed by atoms with Crippen LogP contribution in [-0.4, -0.2) is 22.3 Å². The molecule has 2 rings (SSSR count). The van der Waals surface area contributed by atoms with Gasteiger partial charge in [0.25, 0.3) is 0 Å². The number of nitrogens with zero attached hydrogens (tertiary/aromatic N) is 2. The molecule has 5 nitrogen and oxygen atoms in total. The number of aromatic nitrogens is 2. The van der Waals surface area contributed by atoms with Gasteiger partial charge in [0.15, 0.2) is 5.78 Å². The quantitative estimate of drug-likeness (QED) is 0.750. The number of rotatable bonds is 7. The zero-order valence-corrected chi connectivity index (χ0v) is 14.2. The van der Waals surface area contributed by atoms with E-state index in [1.807, 2.05) is 31.2 Å². The van der Waals surface area contributed by atoms with Crippen LogP contribution in [0, 0.1) is 12.8 Å². The molecule has 1 heterocycles. The van der Waals surface area contributed by atoms with Crippen LogP contribution in [0.15, 0.2) is 30.3 Å². The molecule has 0 unspecified atom stereocenters. The molecule has 1 aromatic heterocycles. The van der Waals surface area contributed by atoms with Crippen LogP contribution < -0.4 is 10.6 Å². The van der Waals surface area contributed by atoms with Crippen molar-refractivity contribution in [2.75, 3.05) is 17.2 Å². The van der Waals surface area contributed by atoms with Crippen LogP contribution in [0.5, 0.6) is 0 Å². The molecular formula is C18H24N4O. The van der Waals surface area contributed by atoms with Crippen molar-refractivity contribution in [3.05, 3.63) is 41.6 Å². The topological polar surface area (TPSA) is 66.9 Å². The molecule has 1 aromatic carbocycles. The van der Waals surface area contributed by atoms with E-state index in [1.54, 1.807) is 13.0 Å². The van der Waals surface area contributed by atoms with Gasteiger partial charge in [0.2, 0.25) is 5.95 Å². The van der Waals surface area contributed by atoms with Gasteiger partial charge in [-0.2, -0.15) is 4.98 Å². The number of benzene rings is 1. The van der Waals surface area contributed by atoms with E-state index in [1.165, 1.54) is 0 Å². The molecule has 0 amide bonds. The lowest BCUT2D eigenvalue weighted by Crippen LogP contribution is -2.09. The number of nitrogens with one attached hydrogen (secondary N) is 2.